The predicted molar refractivity (Wildman–Crippen MR) is 95.1 cm³/mol. The average molecular weight is 351 g/mol. The van der Waals surface area contributed by atoms with Gasteiger partial charge in [0.25, 0.3) is 5.91 Å². The van der Waals surface area contributed by atoms with Crippen molar-refractivity contribution >= 4 is 28.8 Å². The second-order valence-corrected chi connectivity index (χ2v) is 6.03. The van der Waals surface area contributed by atoms with E-state index in [0.29, 0.717) is 22.8 Å². The highest BCUT2D eigenvalue weighted by Crippen LogP contribution is 2.33. The van der Waals surface area contributed by atoms with Crippen LogP contribution in [0.15, 0.2) is 48.9 Å². The van der Waals surface area contributed by atoms with Crippen LogP contribution >= 0.6 is 0 Å². The Hall–Kier alpha value is -3.42. The second kappa shape index (κ2) is 6.47. The lowest BCUT2D eigenvalue weighted by Gasteiger charge is -2.32. The smallest absolute Gasteiger partial charge is 0.267 e. The van der Waals surface area contributed by atoms with Gasteiger partial charge in [-0.05, 0) is 31.2 Å². The van der Waals surface area contributed by atoms with E-state index in [1.807, 2.05) is 24.3 Å². The molecule has 3 aromatic rings. The maximum absolute atomic E-state index is 12.4. The van der Waals surface area contributed by atoms with Crippen molar-refractivity contribution in [1.82, 2.24) is 14.6 Å². The second-order valence-electron chi connectivity index (χ2n) is 6.03. The highest BCUT2D eigenvalue weighted by molar-refractivity contribution is 6.00. The zero-order valence-corrected chi connectivity index (χ0v) is 14.1. The van der Waals surface area contributed by atoms with Gasteiger partial charge in [-0.15, -0.1) is 10.2 Å². The summed E-state index contributed by atoms with van der Waals surface area (Å²) < 4.78 is 7.32. The molecule has 0 saturated carbocycles. The van der Waals surface area contributed by atoms with Gasteiger partial charge >= 0.3 is 0 Å². The van der Waals surface area contributed by atoms with Crippen LogP contribution in [0, 0.1) is 0 Å². The molecule has 0 spiro atoms. The van der Waals surface area contributed by atoms with Crippen LogP contribution in [0.4, 0.5) is 11.4 Å². The molecular formula is C18H17N5O3. The number of nitrogens with zero attached hydrogens (tertiary/aromatic N) is 4. The van der Waals surface area contributed by atoms with Gasteiger partial charge < -0.3 is 15.0 Å². The molecule has 132 valence electrons. The molecule has 1 aliphatic rings. The summed E-state index contributed by atoms with van der Waals surface area (Å²) in [5, 5.41) is 10.5. The number of hydrogen-bond acceptors (Lipinski definition) is 5. The van der Waals surface area contributed by atoms with E-state index < -0.39 is 6.10 Å². The molecule has 26 heavy (non-hydrogen) atoms. The molecule has 1 aromatic carbocycles. The lowest BCUT2D eigenvalue weighted by atomic mass is 10.1. The molecule has 1 unspecified atom stereocenters. The summed E-state index contributed by atoms with van der Waals surface area (Å²) >= 11 is 0. The molecule has 8 heteroatoms. The number of rotatable bonds is 4. The zero-order valence-electron chi connectivity index (χ0n) is 14.1. The third-order valence-corrected chi connectivity index (χ3v) is 4.21. The molecule has 1 aliphatic heterocycles. The lowest BCUT2D eigenvalue weighted by Crippen LogP contribution is -2.45. The van der Waals surface area contributed by atoms with Crippen LogP contribution in [0.2, 0.25) is 0 Å². The van der Waals surface area contributed by atoms with Gasteiger partial charge in [-0.2, -0.15) is 0 Å². The molecule has 0 fully saturated rings. The van der Waals surface area contributed by atoms with Crippen LogP contribution in [0.1, 0.15) is 13.3 Å². The fourth-order valence-corrected chi connectivity index (χ4v) is 2.93. The van der Waals surface area contributed by atoms with Crippen LogP contribution in [-0.4, -0.2) is 39.1 Å². The molecule has 0 bridgehead atoms. The average Bonchev–Trinajstić information content (AvgIpc) is 3.10. The Morgan fingerprint density at radius 3 is 3.00 bits per heavy atom. The third kappa shape index (κ3) is 2.97. The molecule has 4 rings (SSSR count). The van der Waals surface area contributed by atoms with E-state index in [1.54, 1.807) is 40.9 Å². The molecule has 1 N–H and O–H groups in total. The number of benzene rings is 1. The first-order valence-corrected chi connectivity index (χ1v) is 8.28. The largest absolute Gasteiger partial charge is 0.479 e. The Kier molecular flexibility index (Phi) is 4.00. The van der Waals surface area contributed by atoms with Crippen molar-refractivity contribution in [1.29, 1.82) is 0 Å². The van der Waals surface area contributed by atoms with Gasteiger partial charge in [0, 0.05) is 19.2 Å². The molecule has 8 nitrogen and oxygen atoms in total. The predicted octanol–water partition coefficient (Wildman–Crippen LogP) is 1.87. The first kappa shape index (κ1) is 16.1. The number of fused-ring (bicyclic) bond motifs is 2. The van der Waals surface area contributed by atoms with Gasteiger partial charge in [-0.1, -0.05) is 12.1 Å². The number of carbonyl (C=O) groups is 2. The molecule has 1 atom stereocenters. The number of carbonyl (C=O) groups excluding carboxylic acids is 2. The topological polar surface area (TPSA) is 88.8 Å². The Morgan fingerprint density at radius 1 is 1.27 bits per heavy atom. The van der Waals surface area contributed by atoms with Crippen LogP contribution in [0.3, 0.4) is 0 Å². The number of pyridine rings is 1. The number of anilines is 2. The number of hydrogen-bond donors (Lipinski definition) is 1. The number of amides is 2. The molecule has 0 radical (unpaired) electrons. The van der Waals surface area contributed by atoms with Crippen molar-refractivity contribution in [3.8, 4) is 5.75 Å². The minimum Gasteiger partial charge on any atom is -0.479 e. The van der Waals surface area contributed by atoms with E-state index >= 15 is 0 Å². The van der Waals surface area contributed by atoms with E-state index in [4.69, 9.17) is 4.74 Å². The first-order chi connectivity index (χ1) is 12.6. The van der Waals surface area contributed by atoms with Gasteiger partial charge in [0.15, 0.2) is 11.8 Å². The van der Waals surface area contributed by atoms with Crippen LogP contribution in [0.25, 0.3) is 5.65 Å². The Labute approximate surface area is 149 Å². The van der Waals surface area contributed by atoms with Crippen LogP contribution in [0.5, 0.6) is 5.75 Å². The summed E-state index contributed by atoms with van der Waals surface area (Å²) in [7, 11) is 0. The van der Waals surface area contributed by atoms with Crippen molar-refractivity contribution in [2.24, 2.45) is 0 Å². The van der Waals surface area contributed by atoms with Crippen molar-refractivity contribution in [2.75, 3.05) is 16.8 Å². The SMILES string of the molecule is CC1Oc2ccccc2N(CCC(=O)Nc2ccc3nncn3c2)C1=O. The van der Waals surface area contributed by atoms with E-state index in [1.165, 1.54) is 0 Å². The first-order valence-electron chi connectivity index (χ1n) is 8.28. The number of aromatic nitrogens is 3. The molecule has 2 amide bonds. The van der Waals surface area contributed by atoms with Crippen LogP contribution in [-0.2, 0) is 9.59 Å². The molecular weight excluding hydrogens is 334 g/mol. The van der Waals surface area contributed by atoms with E-state index in [9.17, 15) is 9.59 Å². The molecule has 2 aromatic heterocycles. The highest BCUT2D eigenvalue weighted by atomic mass is 16.5. The van der Waals surface area contributed by atoms with Gasteiger partial charge in [0.1, 0.15) is 12.1 Å². The maximum atomic E-state index is 12.4. The van der Waals surface area contributed by atoms with Crippen LogP contribution < -0.4 is 15.0 Å². The molecule has 0 saturated heterocycles. The Balaban J connectivity index is 1.44. The minimum absolute atomic E-state index is 0.151. The van der Waals surface area contributed by atoms with E-state index in [-0.39, 0.29) is 24.8 Å². The summed E-state index contributed by atoms with van der Waals surface area (Å²) in [6.07, 6.45) is 2.91. The van der Waals surface area contributed by atoms with E-state index in [0.717, 1.165) is 0 Å². The normalized spacial score (nSPS) is 16.3. The lowest BCUT2D eigenvalue weighted by molar-refractivity contribution is -0.125. The molecule has 0 aliphatic carbocycles. The van der Waals surface area contributed by atoms with Crippen molar-refractivity contribution in [3.63, 3.8) is 0 Å². The fourth-order valence-electron chi connectivity index (χ4n) is 2.93. The Morgan fingerprint density at radius 2 is 2.12 bits per heavy atom. The summed E-state index contributed by atoms with van der Waals surface area (Å²) in [5.41, 5.74) is 2.03. The van der Waals surface area contributed by atoms with Gasteiger partial charge in [0.2, 0.25) is 5.91 Å². The quantitative estimate of drug-likeness (QED) is 0.775. The summed E-state index contributed by atoms with van der Waals surface area (Å²) in [6, 6.07) is 10.9. The third-order valence-electron chi connectivity index (χ3n) is 4.21. The standard InChI is InChI=1S/C18H17N5O3/c1-12-18(25)23(14-4-2-3-5-15(14)26-12)9-8-17(24)20-13-6-7-16-21-19-11-22(16)10-13/h2-7,10-12H,8-9H2,1H3,(H,20,24). The van der Waals surface area contributed by atoms with Gasteiger partial charge in [0.05, 0.1) is 11.4 Å². The van der Waals surface area contributed by atoms with Crippen molar-refractivity contribution in [3.05, 3.63) is 48.9 Å². The number of ether oxygens (including phenoxy) is 1. The number of para-hydroxylation sites is 2. The highest BCUT2D eigenvalue weighted by Gasteiger charge is 2.31. The Bertz CT molecular complexity index is 984. The zero-order chi connectivity index (χ0) is 18.1. The summed E-state index contributed by atoms with van der Waals surface area (Å²) in [4.78, 5) is 26.3. The van der Waals surface area contributed by atoms with Crippen molar-refractivity contribution < 1.29 is 14.3 Å². The van der Waals surface area contributed by atoms with Gasteiger partial charge in [-0.3, -0.25) is 14.0 Å². The summed E-state index contributed by atoms with van der Waals surface area (Å²) in [5.74, 6) is 0.322. The fraction of sp³-hybridized carbons (Fsp3) is 0.222. The van der Waals surface area contributed by atoms with E-state index in [2.05, 4.69) is 15.5 Å². The van der Waals surface area contributed by atoms with Crippen molar-refractivity contribution in [2.45, 2.75) is 19.4 Å². The minimum atomic E-state index is -0.566. The monoisotopic (exact) mass is 351 g/mol. The maximum Gasteiger partial charge on any atom is 0.267 e. The molecule has 3 heterocycles. The number of nitrogens with one attached hydrogen (secondary N) is 1. The van der Waals surface area contributed by atoms with Gasteiger partial charge in [-0.25, -0.2) is 0 Å². The summed E-state index contributed by atoms with van der Waals surface area (Å²) in [6.45, 7) is 1.99.